The Morgan fingerprint density at radius 2 is 1.65 bits per heavy atom. The number of nitrogens with one attached hydrogen (secondary N) is 2. The lowest BCUT2D eigenvalue weighted by Crippen LogP contribution is -2.46. The van der Waals surface area contributed by atoms with Crippen LogP contribution in [0.25, 0.3) is 22.2 Å². The molecule has 4 aromatic rings. The van der Waals surface area contributed by atoms with E-state index < -0.39 is 5.41 Å². The molecule has 0 aliphatic rings. The molecule has 0 spiro atoms. The first-order valence-corrected chi connectivity index (χ1v) is 17.0. The molecule has 7 nitrogen and oxygen atoms in total. The number of hydrogen-bond donors (Lipinski definition) is 2. The zero-order valence-corrected chi connectivity index (χ0v) is 29.8. The van der Waals surface area contributed by atoms with E-state index in [1.165, 1.54) is 27.8 Å². The third kappa shape index (κ3) is 8.35. The highest BCUT2D eigenvalue weighted by Gasteiger charge is 2.36. The minimum Gasteiger partial charge on any atom is -0.619 e. The lowest BCUT2D eigenvalue weighted by molar-refractivity contribution is -0.612. The van der Waals surface area contributed by atoms with Crippen molar-refractivity contribution in [2.24, 2.45) is 11.8 Å². The summed E-state index contributed by atoms with van der Waals surface area (Å²) in [5, 5.41) is 16.5. The van der Waals surface area contributed by atoms with Gasteiger partial charge < -0.3 is 20.4 Å². The van der Waals surface area contributed by atoms with Crippen LogP contribution in [0.3, 0.4) is 0 Å². The Hall–Kier alpha value is -3.71. The molecule has 4 rings (SSSR count). The maximum Gasteiger partial charge on any atom is 0.234 e. The summed E-state index contributed by atoms with van der Waals surface area (Å²) < 4.78 is 0.906. The monoisotopic (exact) mass is 625 g/mol. The molecule has 0 bridgehead atoms. The molecule has 1 unspecified atom stereocenters. The first-order chi connectivity index (χ1) is 21.7. The summed E-state index contributed by atoms with van der Waals surface area (Å²) in [6, 6.07) is 12.7. The lowest BCUT2D eigenvalue weighted by atomic mass is 9.85. The SMILES string of the molecule is Cc1cc(C)cc(-c2[nH]c3cnc(C(C)(C)C(=O)N(CC(C)C)CC(C)C)cc3c2C(C)CNCCCc2cc[n+]([O-])c(C)c2)c1. The number of rotatable bonds is 14. The van der Waals surface area contributed by atoms with Gasteiger partial charge in [-0.15, -0.1) is 0 Å². The van der Waals surface area contributed by atoms with Crippen molar-refractivity contribution in [3.8, 4) is 11.3 Å². The molecule has 248 valence electrons. The van der Waals surface area contributed by atoms with E-state index in [4.69, 9.17) is 4.98 Å². The highest BCUT2D eigenvalue weighted by Crippen LogP contribution is 2.38. The number of carbonyl (C=O) groups excluding carboxylic acids is 1. The van der Waals surface area contributed by atoms with E-state index >= 15 is 0 Å². The van der Waals surface area contributed by atoms with Gasteiger partial charge in [0, 0.05) is 44.1 Å². The highest BCUT2D eigenvalue weighted by molar-refractivity contribution is 5.93. The molecule has 0 aliphatic heterocycles. The number of aromatic nitrogens is 3. The first kappa shape index (κ1) is 35.1. The summed E-state index contributed by atoms with van der Waals surface area (Å²) in [6.45, 7) is 24.3. The van der Waals surface area contributed by atoms with Crippen molar-refractivity contribution in [2.45, 2.75) is 93.4 Å². The number of hydrogen-bond acceptors (Lipinski definition) is 4. The Morgan fingerprint density at radius 3 is 2.26 bits per heavy atom. The number of fused-ring (bicyclic) bond motifs is 1. The quantitative estimate of drug-likeness (QED) is 0.0861. The van der Waals surface area contributed by atoms with Gasteiger partial charge in [0.1, 0.15) is 0 Å². The van der Waals surface area contributed by atoms with Crippen molar-refractivity contribution in [3.63, 3.8) is 0 Å². The molecule has 3 heterocycles. The van der Waals surface area contributed by atoms with Crippen LogP contribution in [0.2, 0.25) is 0 Å². The van der Waals surface area contributed by atoms with Crippen molar-refractivity contribution in [3.05, 3.63) is 87.6 Å². The van der Waals surface area contributed by atoms with Gasteiger partial charge in [0.2, 0.25) is 5.91 Å². The van der Waals surface area contributed by atoms with Gasteiger partial charge in [-0.05, 0) is 99.7 Å². The second-order valence-electron chi connectivity index (χ2n) is 14.7. The molecule has 0 fully saturated rings. The predicted molar refractivity (Wildman–Crippen MR) is 190 cm³/mol. The summed E-state index contributed by atoms with van der Waals surface area (Å²) >= 11 is 0. The molecule has 0 saturated carbocycles. The summed E-state index contributed by atoms with van der Waals surface area (Å²) in [4.78, 5) is 24.7. The molecule has 1 aromatic carbocycles. The van der Waals surface area contributed by atoms with E-state index in [0.717, 1.165) is 71.7 Å². The molecule has 7 heteroatoms. The van der Waals surface area contributed by atoms with Crippen LogP contribution < -0.4 is 10.0 Å². The van der Waals surface area contributed by atoms with Crippen LogP contribution in [0, 0.1) is 37.8 Å². The van der Waals surface area contributed by atoms with Crippen molar-refractivity contribution in [1.29, 1.82) is 0 Å². The standard InChI is InChI=1S/C39H55N5O2/c1-25(2)23-43(24-26(3)4)38(45)39(9,10)35-20-33-34(22-41-35)42-37(32-17-27(5)16-28(6)18-32)36(33)29(7)21-40-14-11-12-31-13-15-44(46)30(8)19-31/h13,15-20,22,25-26,29,40,42H,11-12,14,21,23-24H2,1-10H3. The Balaban J connectivity index is 1.65. The van der Waals surface area contributed by atoms with Crippen molar-refractivity contribution >= 4 is 16.8 Å². The van der Waals surface area contributed by atoms with E-state index in [0.29, 0.717) is 11.8 Å². The molecule has 1 amide bonds. The predicted octanol–water partition coefficient (Wildman–Crippen LogP) is 7.53. The molecule has 0 aliphatic carbocycles. The number of aryl methyl sites for hydroxylation is 4. The van der Waals surface area contributed by atoms with Crippen LogP contribution in [0.15, 0.2) is 48.8 Å². The molecule has 2 N–H and O–H groups in total. The summed E-state index contributed by atoms with van der Waals surface area (Å²) in [7, 11) is 0. The van der Waals surface area contributed by atoms with Crippen LogP contribution in [0.1, 0.15) is 94.4 Å². The summed E-state index contributed by atoms with van der Waals surface area (Å²) in [5.41, 5.74) is 8.92. The van der Waals surface area contributed by atoms with Crippen LogP contribution in [-0.4, -0.2) is 47.0 Å². The Kier molecular flexibility index (Phi) is 11.3. The zero-order valence-electron chi connectivity index (χ0n) is 29.8. The average molecular weight is 626 g/mol. The zero-order chi connectivity index (χ0) is 33.8. The topological polar surface area (TPSA) is 88.0 Å². The molecule has 3 aromatic heterocycles. The van der Waals surface area contributed by atoms with Crippen LogP contribution in [-0.2, 0) is 16.6 Å². The van der Waals surface area contributed by atoms with Crippen LogP contribution in [0.4, 0.5) is 0 Å². The largest absolute Gasteiger partial charge is 0.619 e. The number of carbonyl (C=O) groups is 1. The lowest BCUT2D eigenvalue weighted by Gasteiger charge is -2.34. The maximum atomic E-state index is 14.1. The van der Waals surface area contributed by atoms with Crippen molar-refractivity contribution in [1.82, 2.24) is 20.2 Å². The van der Waals surface area contributed by atoms with Crippen molar-refractivity contribution < 1.29 is 9.52 Å². The van der Waals surface area contributed by atoms with E-state index in [1.807, 2.05) is 44.0 Å². The second-order valence-corrected chi connectivity index (χ2v) is 14.7. The van der Waals surface area contributed by atoms with E-state index in [9.17, 15) is 10.0 Å². The molecule has 0 saturated heterocycles. The Morgan fingerprint density at radius 1 is 1.00 bits per heavy atom. The van der Waals surface area contributed by atoms with Gasteiger partial charge in [-0.3, -0.25) is 9.78 Å². The normalized spacial score (nSPS) is 12.8. The number of nitrogens with zero attached hydrogens (tertiary/aromatic N) is 3. The smallest absolute Gasteiger partial charge is 0.234 e. The minimum absolute atomic E-state index is 0.127. The maximum absolute atomic E-state index is 14.1. The molecular weight excluding hydrogens is 570 g/mol. The third-order valence-electron chi connectivity index (χ3n) is 8.80. The summed E-state index contributed by atoms with van der Waals surface area (Å²) in [5.74, 6) is 1.11. The molecule has 1 atom stereocenters. The Bertz CT molecular complexity index is 1620. The van der Waals surface area contributed by atoms with Gasteiger partial charge in [0.25, 0.3) is 0 Å². The number of aromatic amines is 1. The molecule has 0 radical (unpaired) electrons. The first-order valence-electron chi connectivity index (χ1n) is 17.0. The van der Waals surface area contributed by atoms with Gasteiger partial charge in [-0.2, -0.15) is 4.73 Å². The van der Waals surface area contributed by atoms with Crippen LogP contribution >= 0.6 is 0 Å². The second kappa shape index (κ2) is 14.8. The van der Waals surface area contributed by atoms with E-state index in [1.54, 1.807) is 6.20 Å². The molecule has 46 heavy (non-hydrogen) atoms. The Labute approximate surface area is 276 Å². The van der Waals surface area contributed by atoms with Gasteiger partial charge in [0.15, 0.2) is 11.9 Å². The van der Waals surface area contributed by atoms with Gasteiger partial charge in [0.05, 0.1) is 28.5 Å². The van der Waals surface area contributed by atoms with E-state index in [2.05, 4.69) is 83.0 Å². The number of amides is 1. The number of pyridine rings is 2. The number of benzene rings is 1. The van der Waals surface area contributed by atoms with Gasteiger partial charge in [-0.25, -0.2) is 0 Å². The fourth-order valence-corrected chi connectivity index (χ4v) is 6.60. The third-order valence-corrected chi connectivity index (χ3v) is 8.80. The fraction of sp³-hybridized carbons (Fsp3) is 0.513. The highest BCUT2D eigenvalue weighted by atomic mass is 16.5. The molecular formula is C39H55N5O2. The van der Waals surface area contributed by atoms with Crippen molar-refractivity contribution in [2.75, 3.05) is 26.2 Å². The number of H-pyrrole nitrogens is 1. The average Bonchev–Trinajstić information content (AvgIpc) is 3.36. The van der Waals surface area contributed by atoms with Gasteiger partial charge >= 0.3 is 0 Å². The minimum atomic E-state index is -0.769. The van der Waals surface area contributed by atoms with Gasteiger partial charge in [-0.1, -0.05) is 51.8 Å². The summed E-state index contributed by atoms with van der Waals surface area (Å²) in [6.07, 6.45) is 5.42. The fourth-order valence-electron chi connectivity index (χ4n) is 6.60. The van der Waals surface area contributed by atoms with Crippen LogP contribution in [0.5, 0.6) is 0 Å². The van der Waals surface area contributed by atoms with E-state index in [-0.39, 0.29) is 11.8 Å².